The lowest BCUT2D eigenvalue weighted by atomic mass is 9.84. The van der Waals surface area contributed by atoms with Gasteiger partial charge in [-0.15, -0.1) is 0 Å². The lowest BCUT2D eigenvalue weighted by Gasteiger charge is -2.26. The quantitative estimate of drug-likeness (QED) is 0.863. The molecule has 1 aromatic rings. The predicted octanol–water partition coefficient (Wildman–Crippen LogP) is 1.11. The molecule has 3 rings (SSSR count). The van der Waals surface area contributed by atoms with Crippen LogP contribution < -0.4 is 15.8 Å². The van der Waals surface area contributed by atoms with Crippen LogP contribution in [0.4, 0.5) is 5.95 Å². The minimum atomic E-state index is -0.108. The van der Waals surface area contributed by atoms with Gasteiger partial charge in [-0.25, -0.2) is 4.98 Å². The lowest BCUT2D eigenvalue weighted by Crippen LogP contribution is -2.42. The molecule has 0 spiro atoms. The lowest BCUT2D eigenvalue weighted by molar-refractivity contribution is -0.121. The van der Waals surface area contributed by atoms with Gasteiger partial charge in [-0.1, -0.05) is 0 Å². The van der Waals surface area contributed by atoms with E-state index in [0.29, 0.717) is 23.7 Å². The van der Waals surface area contributed by atoms with E-state index in [1.54, 1.807) is 13.2 Å². The average molecular weight is 276 g/mol. The Hall–Kier alpha value is -1.69. The van der Waals surface area contributed by atoms with E-state index in [4.69, 9.17) is 10.5 Å². The van der Waals surface area contributed by atoms with Gasteiger partial charge in [0.15, 0.2) is 0 Å². The van der Waals surface area contributed by atoms with Gasteiger partial charge in [0, 0.05) is 17.8 Å². The van der Waals surface area contributed by atoms with Crippen LogP contribution in [0, 0.1) is 24.7 Å². The second-order valence-corrected chi connectivity index (χ2v) is 5.80. The first-order valence-corrected chi connectivity index (χ1v) is 7.04. The highest BCUT2D eigenvalue weighted by molar-refractivity contribution is 5.92. The largest absolute Gasteiger partial charge is 0.481 e. The molecule has 0 radical (unpaired) electrons. The van der Waals surface area contributed by atoms with Gasteiger partial charge >= 0.3 is 0 Å². The summed E-state index contributed by atoms with van der Waals surface area (Å²) in [4.78, 5) is 20.8. The smallest absolute Gasteiger partial charge is 0.232 e. The number of methoxy groups -OCH3 is 1. The average Bonchev–Trinajstić information content (AvgIpc) is 2.98. The fourth-order valence-corrected chi connectivity index (χ4v) is 3.62. The van der Waals surface area contributed by atoms with Crippen LogP contribution in [-0.2, 0) is 4.79 Å². The number of nitrogens with one attached hydrogen (secondary N) is 1. The van der Waals surface area contributed by atoms with Crippen molar-refractivity contribution in [2.75, 3.05) is 12.4 Å². The summed E-state index contributed by atoms with van der Waals surface area (Å²) in [5, 5.41) is 2.79. The van der Waals surface area contributed by atoms with E-state index < -0.39 is 0 Å². The van der Waals surface area contributed by atoms with Crippen molar-refractivity contribution in [3.63, 3.8) is 0 Å². The van der Waals surface area contributed by atoms with E-state index in [0.717, 1.165) is 25.0 Å². The maximum absolute atomic E-state index is 12.4. The molecule has 1 aromatic heterocycles. The van der Waals surface area contributed by atoms with Gasteiger partial charge < -0.3 is 10.5 Å². The van der Waals surface area contributed by atoms with Gasteiger partial charge in [0.2, 0.25) is 17.7 Å². The summed E-state index contributed by atoms with van der Waals surface area (Å²) in [6.45, 7) is 1.84. The van der Waals surface area contributed by atoms with Crippen molar-refractivity contribution in [3.8, 4) is 5.88 Å². The molecular formula is C14H20N4O2. The number of fused-ring (bicyclic) bond motifs is 2. The summed E-state index contributed by atoms with van der Waals surface area (Å²) in [7, 11) is 1.54. The minimum Gasteiger partial charge on any atom is -0.481 e. The summed E-state index contributed by atoms with van der Waals surface area (Å²) in [6.07, 6.45) is 3.34. The van der Waals surface area contributed by atoms with Crippen LogP contribution in [0.15, 0.2) is 6.07 Å². The fourth-order valence-electron chi connectivity index (χ4n) is 3.62. The van der Waals surface area contributed by atoms with Crippen LogP contribution in [0.25, 0.3) is 0 Å². The summed E-state index contributed by atoms with van der Waals surface area (Å²) in [5.74, 6) is 1.50. The number of anilines is 1. The Kier molecular flexibility index (Phi) is 3.33. The van der Waals surface area contributed by atoms with Crippen LogP contribution >= 0.6 is 0 Å². The van der Waals surface area contributed by atoms with Gasteiger partial charge in [0.1, 0.15) is 0 Å². The third-order valence-electron chi connectivity index (χ3n) is 4.56. The molecule has 0 aromatic carbocycles. The number of aromatic nitrogens is 2. The molecule has 6 nitrogen and oxygen atoms in total. The van der Waals surface area contributed by atoms with Gasteiger partial charge in [-0.2, -0.15) is 4.98 Å². The molecule has 4 atom stereocenters. The molecule has 2 fully saturated rings. The third-order valence-corrected chi connectivity index (χ3v) is 4.56. The summed E-state index contributed by atoms with van der Waals surface area (Å²) in [5.41, 5.74) is 6.93. The minimum absolute atomic E-state index is 0.0274. The number of carbonyl (C=O) groups excluding carboxylic acids is 1. The van der Waals surface area contributed by atoms with E-state index in [9.17, 15) is 4.79 Å². The van der Waals surface area contributed by atoms with Crippen LogP contribution in [0.2, 0.25) is 0 Å². The zero-order valence-electron chi connectivity index (χ0n) is 11.8. The normalized spacial score (nSPS) is 31.4. The molecule has 1 amide bonds. The Morgan fingerprint density at radius 2 is 2.15 bits per heavy atom. The third kappa shape index (κ3) is 2.24. The first-order valence-electron chi connectivity index (χ1n) is 7.04. The molecule has 1 heterocycles. The Labute approximate surface area is 118 Å². The fraction of sp³-hybridized carbons (Fsp3) is 0.643. The second kappa shape index (κ2) is 5.01. The highest BCUT2D eigenvalue weighted by Crippen LogP contribution is 2.47. The standard InChI is InChI=1S/C14H20N4O2/c1-7-5-10(20-2)17-14(16-7)18-13(19)11-8-3-4-9(6-8)12(11)15/h5,8-9,11-12H,3-4,6,15H2,1-2H3,(H,16,17,18,19). The Morgan fingerprint density at radius 1 is 1.40 bits per heavy atom. The number of carbonyl (C=O) groups is 1. The Morgan fingerprint density at radius 3 is 2.80 bits per heavy atom. The van der Waals surface area contributed by atoms with Crippen molar-refractivity contribution in [1.29, 1.82) is 0 Å². The number of rotatable bonds is 3. The number of nitrogens with zero attached hydrogens (tertiary/aromatic N) is 2. The van der Waals surface area contributed by atoms with Crippen molar-refractivity contribution in [2.24, 2.45) is 23.5 Å². The molecular weight excluding hydrogens is 256 g/mol. The van der Waals surface area contributed by atoms with Crippen molar-refractivity contribution >= 4 is 11.9 Å². The zero-order chi connectivity index (χ0) is 14.3. The number of ether oxygens (including phenoxy) is 1. The Bertz CT molecular complexity index is 532. The number of hydrogen-bond donors (Lipinski definition) is 2. The number of nitrogens with two attached hydrogens (primary N) is 1. The number of aryl methyl sites for hydroxylation is 1. The molecule has 108 valence electrons. The van der Waals surface area contributed by atoms with E-state index in [1.807, 2.05) is 6.92 Å². The maximum Gasteiger partial charge on any atom is 0.232 e. The molecule has 4 unspecified atom stereocenters. The summed E-state index contributed by atoms with van der Waals surface area (Å²) >= 11 is 0. The van der Waals surface area contributed by atoms with E-state index >= 15 is 0 Å². The molecule has 2 bridgehead atoms. The van der Waals surface area contributed by atoms with Gasteiger partial charge in [-0.05, 0) is 38.0 Å². The van der Waals surface area contributed by atoms with E-state index in [2.05, 4.69) is 15.3 Å². The first kappa shape index (κ1) is 13.3. The van der Waals surface area contributed by atoms with Crippen molar-refractivity contribution in [2.45, 2.75) is 32.2 Å². The van der Waals surface area contributed by atoms with Gasteiger partial charge in [0.05, 0.1) is 13.0 Å². The highest BCUT2D eigenvalue weighted by Gasteiger charge is 2.49. The molecule has 20 heavy (non-hydrogen) atoms. The monoisotopic (exact) mass is 276 g/mol. The van der Waals surface area contributed by atoms with E-state index in [-0.39, 0.29) is 17.9 Å². The predicted molar refractivity (Wildman–Crippen MR) is 74.2 cm³/mol. The molecule has 3 N–H and O–H groups in total. The molecule has 2 aliphatic carbocycles. The second-order valence-electron chi connectivity index (χ2n) is 5.80. The molecule has 2 aliphatic rings. The molecule has 2 saturated carbocycles. The van der Waals surface area contributed by atoms with Crippen LogP contribution in [0.5, 0.6) is 5.88 Å². The molecule has 0 aliphatic heterocycles. The molecule has 0 saturated heterocycles. The van der Waals surface area contributed by atoms with Crippen LogP contribution in [-0.4, -0.2) is 29.0 Å². The van der Waals surface area contributed by atoms with Crippen molar-refractivity contribution < 1.29 is 9.53 Å². The number of hydrogen-bond acceptors (Lipinski definition) is 5. The summed E-state index contributed by atoms with van der Waals surface area (Å²) < 4.78 is 5.09. The van der Waals surface area contributed by atoms with Crippen LogP contribution in [0.1, 0.15) is 25.0 Å². The molecule has 6 heteroatoms. The van der Waals surface area contributed by atoms with Gasteiger partial charge in [-0.3, -0.25) is 10.1 Å². The van der Waals surface area contributed by atoms with E-state index in [1.165, 1.54) is 0 Å². The maximum atomic E-state index is 12.4. The van der Waals surface area contributed by atoms with Gasteiger partial charge in [0.25, 0.3) is 0 Å². The summed E-state index contributed by atoms with van der Waals surface area (Å²) in [6, 6.07) is 1.69. The first-order chi connectivity index (χ1) is 9.58. The number of amides is 1. The zero-order valence-corrected chi connectivity index (χ0v) is 11.8. The van der Waals surface area contributed by atoms with Crippen molar-refractivity contribution in [1.82, 2.24) is 9.97 Å². The highest BCUT2D eigenvalue weighted by atomic mass is 16.5. The van der Waals surface area contributed by atoms with Crippen LogP contribution in [0.3, 0.4) is 0 Å². The van der Waals surface area contributed by atoms with Crippen molar-refractivity contribution in [3.05, 3.63) is 11.8 Å². The Balaban J connectivity index is 1.74. The SMILES string of the molecule is COc1cc(C)nc(NC(=O)C2C3CCC(C3)C2N)n1. The topological polar surface area (TPSA) is 90.1 Å².